The number of rotatable bonds is 7. The lowest BCUT2D eigenvalue weighted by Gasteiger charge is -2.12. The van der Waals surface area contributed by atoms with E-state index in [9.17, 15) is 0 Å². The largest absolute Gasteiger partial charge is 0.494 e. The number of ether oxygens (including phenoxy) is 1. The van der Waals surface area contributed by atoms with Crippen molar-refractivity contribution in [3.63, 3.8) is 0 Å². The minimum Gasteiger partial charge on any atom is -0.494 e. The van der Waals surface area contributed by atoms with Gasteiger partial charge in [-0.3, -0.25) is 0 Å². The molecule has 1 heterocycles. The van der Waals surface area contributed by atoms with Crippen LogP contribution in [0.2, 0.25) is 0 Å². The van der Waals surface area contributed by atoms with Gasteiger partial charge in [-0.15, -0.1) is 11.3 Å². The molecule has 4 heteroatoms. The van der Waals surface area contributed by atoms with Crippen molar-refractivity contribution in [2.45, 2.75) is 39.8 Å². The van der Waals surface area contributed by atoms with Crippen molar-refractivity contribution >= 4 is 11.3 Å². The first-order chi connectivity index (χ1) is 9.72. The van der Waals surface area contributed by atoms with Crippen LogP contribution < -0.4 is 10.1 Å². The first kappa shape index (κ1) is 15.0. The fourth-order valence-corrected chi connectivity index (χ4v) is 2.84. The van der Waals surface area contributed by atoms with Crippen LogP contribution in [0.15, 0.2) is 30.5 Å². The van der Waals surface area contributed by atoms with Crippen molar-refractivity contribution in [2.75, 3.05) is 6.61 Å². The van der Waals surface area contributed by atoms with Crippen LogP contribution >= 0.6 is 11.3 Å². The molecule has 0 radical (unpaired) electrons. The zero-order valence-corrected chi connectivity index (χ0v) is 13.2. The molecule has 0 aliphatic rings. The molecule has 1 aromatic carbocycles. The molecular formula is C16H22N2OS. The normalized spacial score (nSPS) is 12.3. The summed E-state index contributed by atoms with van der Waals surface area (Å²) in [4.78, 5) is 5.82. The summed E-state index contributed by atoms with van der Waals surface area (Å²) in [5.74, 6) is 0.932. The van der Waals surface area contributed by atoms with Crippen LogP contribution in [0.25, 0.3) is 0 Å². The summed E-state index contributed by atoms with van der Waals surface area (Å²) in [6, 6.07) is 8.50. The number of hydrogen-bond donors (Lipinski definition) is 1. The third-order valence-corrected chi connectivity index (χ3v) is 4.44. The van der Waals surface area contributed by atoms with Crippen LogP contribution in [0, 0.1) is 0 Å². The number of nitrogens with one attached hydrogen (secondary N) is 1. The lowest BCUT2D eigenvalue weighted by molar-refractivity contribution is 0.339. The molecule has 2 aromatic rings. The smallest absolute Gasteiger partial charge is 0.119 e. The molecule has 0 amide bonds. The predicted octanol–water partition coefficient (Wildman–Crippen LogP) is 3.96. The zero-order chi connectivity index (χ0) is 14.4. The number of aromatic nitrogens is 1. The molecule has 0 bridgehead atoms. The number of aryl methyl sites for hydroxylation is 1. The van der Waals surface area contributed by atoms with Gasteiger partial charge < -0.3 is 10.1 Å². The topological polar surface area (TPSA) is 34.1 Å². The van der Waals surface area contributed by atoms with Crippen LogP contribution in [0.1, 0.15) is 42.3 Å². The molecule has 3 nitrogen and oxygen atoms in total. The van der Waals surface area contributed by atoms with Crippen molar-refractivity contribution in [3.05, 3.63) is 45.9 Å². The van der Waals surface area contributed by atoms with Gasteiger partial charge in [0.15, 0.2) is 0 Å². The van der Waals surface area contributed by atoms with Crippen molar-refractivity contribution in [1.29, 1.82) is 0 Å². The molecule has 0 aliphatic heterocycles. The maximum atomic E-state index is 5.52. The van der Waals surface area contributed by atoms with E-state index in [1.54, 1.807) is 11.3 Å². The Kier molecular flexibility index (Phi) is 5.56. The van der Waals surface area contributed by atoms with E-state index in [4.69, 9.17) is 4.74 Å². The molecule has 0 saturated carbocycles. The minimum atomic E-state index is 0.274. The molecule has 1 N–H and O–H groups in total. The fraction of sp³-hybridized carbons (Fsp3) is 0.438. The van der Waals surface area contributed by atoms with E-state index in [2.05, 4.69) is 36.3 Å². The Morgan fingerprint density at radius 1 is 1.35 bits per heavy atom. The van der Waals surface area contributed by atoms with Gasteiger partial charge >= 0.3 is 0 Å². The van der Waals surface area contributed by atoms with Crippen LogP contribution in [0.5, 0.6) is 5.75 Å². The van der Waals surface area contributed by atoms with Crippen LogP contribution in [0.3, 0.4) is 0 Å². The minimum absolute atomic E-state index is 0.274. The molecule has 20 heavy (non-hydrogen) atoms. The van der Waals surface area contributed by atoms with Gasteiger partial charge in [0.25, 0.3) is 0 Å². The van der Waals surface area contributed by atoms with Gasteiger partial charge in [0, 0.05) is 17.6 Å². The van der Waals surface area contributed by atoms with Crippen molar-refractivity contribution in [1.82, 2.24) is 10.3 Å². The van der Waals surface area contributed by atoms with Crippen LogP contribution in [0.4, 0.5) is 0 Å². The second-order valence-electron chi connectivity index (χ2n) is 4.70. The van der Waals surface area contributed by atoms with Crippen molar-refractivity contribution in [3.8, 4) is 5.75 Å². The molecule has 1 atom stereocenters. The average Bonchev–Trinajstić information content (AvgIpc) is 2.94. The molecule has 108 valence electrons. The van der Waals surface area contributed by atoms with Gasteiger partial charge in [-0.25, -0.2) is 4.98 Å². The first-order valence-corrected chi connectivity index (χ1v) is 7.94. The molecule has 0 fully saturated rings. The highest BCUT2D eigenvalue weighted by molar-refractivity contribution is 7.11. The second kappa shape index (κ2) is 7.41. The van der Waals surface area contributed by atoms with Crippen molar-refractivity contribution < 1.29 is 4.74 Å². The number of hydrogen-bond acceptors (Lipinski definition) is 4. The van der Waals surface area contributed by atoms with E-state index in [1.807, 2.05) is 25.3 Å². The fourth-order valence-electron chi connectivity index (χ4n) is 1.96. The molecule has 1 aromatic heterocycles. The summed E-state index contributed by atoms with van der Waals surface area (Å²) >= 11 is 1.79. The lowest BCUT2D eigenvalue weighted by Crippen LogP contribution is -2.17. The molecule has 0 saturated heterocycles. The summed E-state index contributed by atoms with van der Waals surface area (Å²) in [6.45, 7) is 7.84. The third kappa shape index (κ3) is 4.05. The highest BCUT2D eigenvalue weighted by Crippen LogP contribution is 2.21. The Morgan fingerprint density at radius 3 is 2.90 bits per heavy atom. The Labute approximate surface area is 125 Å². The molecule has 0 aliphatic carbocycles. The monoisotopic (exact) mass is 290 g/mol. The predicted molar refractivity (Wildman–Crippen MR) is 84.4 cm³/mol. The van der Waals surface area contributed by atoms with E-state index < -0.39 is 0 Å². The molecular weight excluding hydrogens is 268 g/mol. The van der Waals surface area contributed by atoms with Gasteiger partial charge in [0.05, 0.1) is 12.6 Å². The average molecular weight is 290 g/mol. The Morgan fingerprint density at radius 2 is 2.20 bits per heavy atom. The summed E-state index contributed by atoms with van der Waals surface area (Å²) in [5.41, 5.74) is 1.23. The maximum Gasteiger partial charge on any atom is 0.119 e. The summed E-state index contributed by atoms with van der Waals surface area (Å²) in [5, 5.41) is 4.67. The summed E-state index contributed by atoms with van der Waals surface area (Å²) in [7, 11) is 0. The van der Waals surface area contributed by atoms with E-state index in [-0.39, 0.29) is 6.04 Å². The third-order valence-electron chi connectivity index (χ3n) is 3.11. The van der Waals surface area contributed by atoms with Gasteiger partial charge in [-0.2, -0.15) is 0 Å². The second-order valence-corrected chi connectivity index (χ2v) is 5.85. The number of benzene rings is 1. The highest BCUT2D eigenvalue weighted by atomic mass is 32.1. The van der Waals surface area contributed by atoms with Gasteiger partial charge in [0.1, 0.15) is 10.8 Å². The molecule has 0 spiro atoms. The van der Waals surface area contributed by atoms with E-state index in [0.29, 0.717) is 6.61 Å². The first-order valence-electron chi connectivity index (χ1n) is 7.12. The Bertz CT molecular complexity index is 539. The zero-order valence-electron chi connectivity index (χ0n) is 12.3. The quantitative estimate of drug-likeness (QED) is 0.838. The van der Waals surface area contributed by atoms with Gasteiger partial charge in [-0.05, 0) is 38.0 Å². The Balaban J connectivity index is 1.92. The summed E-state index contributed by atoms with van der Waals surface area (Å²) < 4.78 is 5.52. The SMILES string of the molecule is CCOc1cccc(CNC(C)c2ncc(CC)s2)c1. The summed E-state index contributed by atoms with van der Waals surface area (Å²) in [6.07, 6.45) is 3.04. The van der Waals surface area contributed by atoms with Gasteiger partial charge in [-0.1, -0.05) is 19.1 Å². The van der Waals surface area contributed by atoms with Gasteiger partial charge in [0.2, 0.25) is 0 Å². The standard InChI is InChI=1S/C16H22N2OS/c1-4-15-11-18-16(20-15)12(3)17-10-13-7-6-8-14(9-13)19-5-2/h6-9,11-12,17H,4-5,10H2,1-3H3. The molecule has 1 unspecified atom stereocenters. The molecule has 2 rings (SSSR count). The van der Waals surface area contributed by atoms with Crippen LogP contribution in [-0.4, -0.2) is 11.6 Å². The maximum absolute atomic E-state index is 5.52. The van der Waals surface area contributed by atoms with Crippen molar-refractivity contribution in [2.24, 2.45) is 0 Å². The van der Waals surface area contributed by atoms with Crippen LogP contribution in [-0.2, 0) is 13.0 Å². The van der Waals surface area contributed by atoms with E-state index in [0.717, 1.165) is 23.7 Å². The van der Waals surface area contributed by atoms with E-state index >= 15 is 0 Å². The number of thiazole rings is 1. The highest BCUT2D eigenvalue weighted by Gasteiger charge is 2.09. The lowest BCUT2D eigenvalue weighted by atomic mass is 10.2. The Hall–Kier alpha value is -1.39. The van der Waals surface area contributed by atoms with E-state index in [1.165, 1.54) is 10.4 Å². The number of nitrogens with zero attached hydrogens (tertiary/aromatic N) is 1.